The summed E-state index contributed by atoms with van der Waals surface area (Å²) in [5.41, 5.74) is 2.51. The van der Waals surface area contributed by atoms with E-state index in [1.807, 2.05) is 84.9 Å². The number of hydrogen-bond acceptors (Lipinski definition) is 5. The topological polar surface area (TPSA) is 65.1 Å². The molecule has 6 heteroatoms. The van der Waals surface area contributed by atoms with Crippen LogP contribution in [0.25, 0.3) is 6.08 Å². The van der Waals surface area contributed by atoms with E-state index in [-0.39, 0.29) is 17.3 Å². The predicted octanol–water partition coefficient (Wildman–Crippen LogP) is 6.65. The highest BCUT2D eigenvalue weighted by Crippen LogP contribution is 2.36. The van der Waals surface area contributed by atoms with Gasteiger partial charge < -0.3 is 14.2 Å². The van der Waals surface area contributed by atoms with Crippen LogP contribution in [0.15, 0.2) is 109 Å². The fourth-order valence-corrected chi connectivity index (χ4v) is 3.77. The second kappa shape index (κ2) is 9.57. The Morgan fingerprint density at radius 3 is 2.14 bits per heavy atom. The lowest BCUT2D eigenvalue weighted by atomic mass is 10.1. The highest BCUT2D eigenvalue weighted by atomic mass is 16.6. The van der Waals surface area contributed by atoms with Crippen molar-refractivity contribution >= 4 is 29.3 Å². The van der Waals surface area contributed by atoms with E-state index in [0.717, 1.165) is 5.56 Å². The van der Waals surface area contributed by atoms with E-state index < -0.39 is 6.09 Å². The van der Waals surface area contributed by atoms with E-state index in [1.54, 1.807) is 31.4 Å². The average molecular weight is 463 g/mol. The Hall–Kier alpha value is -4.84. The Labute approximate surface area is 202 Å². The van der Waals surface area contributed by atoms with Gasteiger partial charge in [-0.15, -0.1) is 0 Å². The van der Waals surface area contributed by atoms with Crippen LogP contribution in [-0.2, 0) is 0 Å². The zero-order valence-electron chi connectivity index (χ0n) is 18.9. The van der Waals surface area contributed by atoms with Crippen molar-refractivity contribution in [2.45, 2.75) is 0 Å². The molecule has 0 unspecified atom stereocenters. The van der Waals surface area contributed by atoms with Crippen LogP contribution in [0.3, 0.4) is 0 Å². The van der Waals surface area contributed by atoms with Gasteiger partial charge in [0.1, 0.15) is 17.2 Å². The molecule has 0 saturated carbocycles. The Kier molecular flexibility index (Phi) is 6.01. The first-order chi connectivity index (χ1) is 17.1. The Balaban J connectivity index is 1.39. The Morgan fingerprint density at radius 2 is 1.49 bits per heavy atom. The second-order valence-corrected chi connectivity index (χ2v) is 7.75. The maximum Gasteiger partial charge on any atom is 0.424 e. The van der Waals surface area contributed by atoms with Gasteiger partial charge >= 0.3 is 6.09 Å². The van der Waals surface area contributed by atoms with Gasteiger partial charge in [-0.1, -0.05) is 48.5 Å². The lowest BCUT2D eigenvalue weighted by Gasteiger charge is -2.22. The number of ketones is 1. The molecule has 0 saturated heterocycles. The molecule has 0 bridgehead atoms. The van der Waals surface area contributed by atoms with Crippen LogP contribution in [-0.4, -0.2) is 19.0 Å². The van der Waals surface area contributed by atoms with Crippen LogP contribution in [0.4, 0.5) is 16.2 Å². The van der Waals surface area contributed by atoms with Crippen LogP contribution >= 0.6 is 0 Å². The first-order valence-electron chi connectivity index (χ1n) is 11.0. The number of methoxy groups -OCH3 is 1. The van der Waals surface area contributed by atoms with Crippen LogP contribution in [0.5, 0.6) is 17.2 Å². The van der Waals surface area contributed by atoms with Gasteiger partial charge in [0.2, 0.25) is 5.78 Å². The summed E-state index contributed by atoms with van der Waals surface area (Å²) in [5.74, 6) is 1.22. The van der Waals surface area contributed by atoms with Gasteiger partial charge in [-0.2, -0.15) is 0 Å². The third-order valence-electron chi connectivity index (χ3n) is 5.45. The third kappa shape index (κ3) is 4.63. The number of para-hydroxylation sites is 2. The second-order valence-electron chi connectivity index (χ2n) is 7.75. The van der Waals surface area contributed by atoms with Gasteiger partial charge in [0.25, 0.3) is 0 Å². The summed E-state index contributed by atoms with van der Waals surface area (Å²) in [6.45, 7) is 0. The molecule has 0 aromatic heterocycles. The minimum absolute atomic E-state index is 0.187. The molecule has 35 heavy (non-hydrogen) atoms. The molecule has 0 fully saturated rings. The Bertz CT molecular complexity index is 1370. The fourth-order valence-electron chi connectivity index (χ4n) is 3.77. The number of fused-ring (bicyclic) bond motifs is 1. The fraction of sp³-hybridized carbons (Fsp3) is 0.0345. The monoisotopic (exact) mass is 463 g/mol. The molecule has 0 radical (unpaired) electrons. The minimum atomic E-state index is -0.584. The maximum atomic E-state index is 13.2. The number of hydrogen-bond donors (Lipinski definition) is 0. The molecule has 1 heterocycles. The van der Waals surface area contributed by atoms with Crippen LogP contribution in [0.2, 0.25) is 0 Å². The number of carbonyl (C=O) groups is 2. The van der Waals surface area contributed by atoms with E-state index in [1.165, 1.54) is 4.90 Å². The maximum absolute atomic E-state index is 13.2. The summed E-state index contributed by atoms with van der Waals surface area (Å²) in [5, 5.41) is 0. The summed E-state index contributed by atoms with van der Waals surface area (Å²) < 4.78 is 16.7. The summed E-state index contributed by atoms with van der Waals surface area (Å²) in [6.07, 6.45) is 1.07. The molecule has 0 atom stereocenters. The molecule has 0 spiro atoms. The first kappa shape index (κ1) is 22.0. The molecule has 1 aliphatic rings. The van der Waals surface area contributed by atoms with Crippen molar-refractivity contribution in [1.82, 2.24) is 0 Å². The Morgan fingerprint density at radius 1 is 0.800 bits per heavy atom. The van der Waals surface area contributed by atoms with Gasteiger partial charge in [-0.05, 0) is 60.2 Å². The number of benzene rings is 4. The van der Waals surface area contributed by atoms with Gasteiger partial charge in [-0.25, -0.2) is 9.69 Å². The molecule has 1 amide bonds. The van der Waals surface area contributed by atoms with Crippen molar-refractivity contribution in [3.05, 3.63) is 120 Å². The number of carbonyl (C=O) groups excluding carboxylic acids is 2. The molecule has 0 N–H and O–H groups in total. The van der Waals surface area contributed by atoms with E-state index in [9.17, 15) is 9.59 Å². The highest BCUT2D eigenvalue weighted by molar-refractivity contribution is 6.14. The number of Topliss-reactive ketones (excluding diaryl/α,β-unsaturated/α-hetero) is 1. The SMILES string of the molecule is COc1cccc(/C=C2\Oc3cc(OC(=O)N(c4ccccc4)c4ccccc4)ccc3C2=O)c1. The molecule has 5 rings (SSSR count). The van der Waals surface area contributed by atoms with Crippen molar-refractivity contribution in [3.63, 3.8) is 0 Å². The molecule has 1 aliphatic heterocycles. The van der Waals surface area contributed by atoms with Crippen LogP contribution in [0.1, 0.15) is 15.9 Å². The third-order valence-corrected chi connectivity index (χ3v) is 5.45. The number of allylic oxidation sites excluding steroid dienone is 1. The van der Waals surface area contributed by atoms with E-state index >= 15 is 0 Å². The number of amides is 1. The number of anilines is 2. The van der Waals surface area contributed by atoms with Gasteiger partial charge in [0, 0.05) is 6.07 Å². The molecule has 4 aromatic rings. The van der Waals surface area contributed by atoms with Crippen LogP contribution < -0.4 is 19.1 Å². The summed E-state index contributed by atoms with van der Waals surface area (Å²) in [7, 11) is 1.58. The molecular formula is C29H21NO5. The van der Waals surface area contributed by atoms with Gasteiger partial charge in [-0.3, -0.25) is 4.79 Å². The summed E-state index contributed by atoms with van der Waals surface area (Å²) in [4.78, 5) is 27.5. The largest absolute Gasteiger partial charge is 0.497 e. The molecule has 172 valence electrons. The van der Waals surface area contributed by atoms with Crippen LogP contribution in [0, 0.1) is 0 Å². The van der Waals surface area contributed by atoms with Crippen molar-refractivity contribution in [2.24, 2.45) is 0 Å². The van der Waals surface area contributed by atoms with Crippen molar-refractivity contribution in [2.75, 3.05) is 12.0 Å². The van der Waals surface area contributed by atoms with Gasteiger partial charge in [0.15, 0.2) is 5.76 Å². The number of ether oxygens (including phenoxy) is 3. The van der Waals surface area contributed by atoms with Crippen molar-refractivity contribution in [1.29, 1.82) is 0 Å². The standard InChI is InChI=1S/C29H21NO5/c1-33-23-14-8-9-20(17-23)18-27-28(31)25-16-15-24(19-26(25)35-27)34-29(32)30(21-10-4-2-5-11-21)22-12-6-3-7-13-22/h2-19H,1H3/b27-18-. The zero-order chi connectivity index (χ0) is 24.2. The lowest BCUT2D eigenvalue weighted by molar-refractivity contribution is 0.101. The van der Waals surface area contributed by atoms with E-state index in [0.29, 0.717) is 28.4 Å². The molecule has 6 nitrogen and oxygen atoms in total. The molecular weight excluding hydrogens is 442 g/mol. The smallest absolute Gasteiger partial charge is 0.424 e. The average Bonchev–Trinajstić information content (AvgIpc) is 3.19. The normalized spacial score (nSPS) is 13.2. The molecule has 0 aliphatic carbocycles. The van der Waals surface area contributed by atoms with E-state index in [2.05, 4.69) is 0 Å². The summed E-state index contributed by atoms with van der Waals surface area (Å²) >= 11 is 0. The van der Waals surface area contributed by atoms with E-state index in [4.69, 9.17) is 14.2 Å². The highest BCUT2D eigenvalue weighted by Gasteiger charge is 2.29. The quantitative estimate of drug-likeness (QED) is 0.310. The lowest BCUT2D eigenvalue weighted by Crippen LogP contribution is -2.29. The predicted molar refractivity (Wildman–Crippen MR) is 133 cm³/mol. The van der Waals surface area contributed by atoms with Crippen molar-refractivity contribution < 1.29 is 23.8 Å². The summed E-state index contributed by atoms with van der Waals surface area (Å²) in [6, 6.07) is 30.5. The molecule has 4 aromatic carbocycles. The minimum Gasteiger partial charge on any atom is -0.497 e. The zero-order valence-corrected chi connectivity index (χ0v) is 18.9. The number of rotatable bonds is 5. The number of nitrogens with zero attached hydrogens (tertiary/aromatic N) is 1. The first-order valence-corrected chi connectivity index (χ1v) is 11.0. The van der Waals surface area contributed by atoms with Crippen molar-refractivity contribution in [3.8, 4) is 17.2 Å². The van der Waals surface area contributed by atoms with Gasteiger partial charge in [0.05, 0.1) is 24.0 Å².